The molecule has 0 spiro atoms. The number of carboxylic acid groups (broad SMARTS) is 1. The Morgan fingerprint density at radius 1 is 1.15 bits per heavy atom. The highest BCUT2D eigenvalue weighted by Gasteiger charge is 2.12. The second kappa shape index (κ2) is 6.61. The van der Waals surface area contributed by atoms with E-state index in [4.69, 9.17) is 21.4 Å². The van der Waals surface area contributed by atoms with Gasteiger partial charge in [-0.1, -0.05) is 49.5 Å². The summed E-state index contributed by atoms with van der Waals surface area (Å²) in [6.07, 6.45) is 0. The Labute approximate surface area is 137 Å². The lowest BCUT2D eigenvalue weighted by Crippen LogP contribution is -2.03. The van der Waals surface area contributed by atoms with Crippen molar-refractivity contribution in [1.29, 1.82) is 0 Å². The van der Waals surface area contributed by atoms with Crippen molar-refractivity contribution in [2.45, 2.75) is 6.61 Å². The van der Waals surface area contributed by atoms with Crippen LogP contribution in [0.3, 0.4) is 0 Å². The molecule has 2 aromatic rings. The molecule has 20 heavy (non-hydrogen) atoms. The van der Waals surface area contributed by atoms with Gasteiger partial charge in [0.05, 0.1) is 0 Å². The van der Waals surface area contributed by atoms with Crippen molar-refractivity contribution < 1.29 is 14.6 Å². The summed E-state index contributed by atoms with van der Waals surface area (Å²) in [5.74, 6) is -0.733. The zero-order valence-corrected chi connectivity index (χ0v) is 14.0. The summed E-state index contributed by atoms with van der Waals surface area (Å²) < 4.78 is 7.12. The van der Waals surface area contributed by atoms with E-state index < -0.39 is 5.97 Å². The summed E-state index contributed by atoms with van der Waals surface area (Å²) in [7, 11) is 0. The minimum Gasteiger partial charge on any atom is -0.488 e. The molecule has 0 atom stereocenters. The van der Waals surface area contributed by atoms with Gasteiger partial charge in [0.2, 0.25) is 0 Å². The Kier molecular flexibility index (Phi) is 5.07. The van der Waals surface area contributed by atoms with Gasteiger partial charge in [0.15, 0.2) is 0 Å². The summed E-state index contributed by atoms with van der Waals surface area (Å²) in [6, 6.07) is 10.3. The summed E-state index contributed by atoms with van der Waals surface area (Å²) in [5.41, 5.74) is 0.890. The van der Waals surface area contributed by atoms with Crippen LogP contribution in [-0.2, 0) is 6.61 Å². The number of rotatable bonds is 4. The molecule has 6 heteroatoms. The van der Waals surface area contributed by atoms with E-state index in [1.54, 1.807) is 18.2 Å². The maximum Gasteiger partial charge on any atom is 0.339 e. The van der Waals surface area contributed by atoms with Crippen LogP contribution in [-0.4, -0.2) is 11.1 Å². The van der Waals surface area contributed by atoms with Crippen molar-refractivity contribution in [1.82, 2.24) is 0 Å². The lowest BCUT2D eigenvalue weighted by atomic mass is 10.2. The first-order chi connectivity index (χ1) is 9.47. The normalized spacial score (nSPS) is 10.3. The maximum absolute atomic E-state index is 11.2. The van der Waals surface area contributed by atoms with Crippen molar-refractivity contribution in [3.05, 3.63) is 61.5 Å². The van der Waals surface area contributed by atoms with E-state index in [1.807, 2.05) is 12.1 Å². The van der Waals surface area contributed by atoms with Gasteiger partial charge in [-0.15, -0.1) is 0 Å². The fourth-order valence-electron chi connectivity index (χ4n) is 1.59. The summed E-state index contributed by atoms with van der Waals surface area (Å²) in [6.45, 7) is 0.202. The van der Waals surface area contributed by atoms with Crippen LogP contribution >= 0.6 is 43.5 Å². The van der Waals surface area contributed by atoms with Gasteiger partial charge in [0.1, 0.15) is 17.9 Å². The van der Waals surface area contributed by atoms with E-state index in [9.17, 15) is 4.79 Å². The van der Waals surface area contributed by atoms with Gasteiger partial charge in [-0.2, -0.15) is 0 Å². The molecule has 0 aliphatic heterocycles. The van der Waals surface area contributed by atoms with E-state index in [0.29, 0.717) is 15.2 Å². The molecule has 0 unspecified atom stereocenters. The zero-order valence-electron chi connectivity index (χ0n) is 10.1. The molecule has 0 heterocycles. The second-order valence-corrected chi connectivity index (χ2v) is 6.21. The van der Waals surface area contributed by atoms with Crippen molar-refractivity contribution >= 4 is 49.4 Å². The molecule has 0 saturated heterocycles. The van der Waals surface area contributed by atoms with Gasteiger partial charge in [-0.25, -0.2) is 4.79 Å². The Morgan fingerprint density at radius 2 is 1.80 bits per heavy atom. The second-order valence-electron chi connectivity index (χ2n) is 3.97. The molecule has 0 amide bonds. The molecule has 2 aromatic carbocycles. The Balaban J connectivity index is 2.20. The number of hydrogen-bond acceptors (Lipinski definition) is 2. The number of ether oxygens (including phenoxy) is 1. The van der Waals surface area contributed by atoms with Crippen molar-refractivity contribution in [2.24, 2.45) is 0 Å². The van der Waals surface area contributed by atoms with Crippen LogP contribution in [0.1, 0.15) is 15.9 Å². The van der Waals surface area contributed by atoms with E-state index in [0.717, 1.165) is 10.0 Å². The standard InChI is InChI=1S/C14H9Br2ClO3/c15-9-3-4-13(11(5-9)14(18)19)20-7-8-1-2-10(16)6-12(8)17/h1-6H,7H2,(H,18,19). The lowest BCUT2D eigenvalue weighted by Gasteiger charge is -2.10. The van der Waals surface area contributed by atoms with Crippen LogP contribution in [0.15, 0.2) is 45.3 Å². The van der Waals surface area contributed by atoms with Crippen LogP contribution in [0, 0.1) is 0 Å². The average Bonchev–Trinajstić information content (AvgIpc) is 2.38. The Hall–Kier alpha value is -1.04. The lowest BCUT2D eigenvalue weighted by molar-refractivity contribution is 0.0691. The highest BCUT2D eigenvalue weighted by Crippen LogP contribution is 2.26. The summed E-state index contributed by atoms with van der Waals surface area (Å²) in [5, 5.41) is 9.71. The van der Waals surface area contributed by atoms with E-state index >= 15 is 0 Å². The molecular formula is C14H9Br2ClO3. The maximum atomic E-state index is 11.2. The molecule has 0 saturated carbocycles. The van der Waals surface area contributed by atoms with Gasteiger partial charge in [-0.3, -0.25) is 0 Å². The molecule has 3 nitrogen and oxygen atoms in total. The summed E-state index contributed by atoms with van der Waals surface area (Å²) >= 11 is 12.6. The van der Waals surface area contributed by atoms with Gasteiger partial charge < -0.3 is 9.84 Å². The largest absolute Gasteiger partial charge is 0.488 e. The fraction of sp³-hybridized carbons (Fsp3) is 0.0714. The summed E-state index contributed by atoms with van der Waals surface area (Å²) in [4.78, 5) is 11.2. The number of halogens is 3. The molecule has 0 fully saturated rings. The highest BCUT2D eigenvalue weighted by molar-refractivity contribution is 9.10. The van der Waals surface area contributed by atoms with E-state index in [-0.39, 0.29) is 12.2 Å². The third-order valence-electron chi connectivity index (χ3n) is 2.57. The SMILES string of the molecule is O=C(O)c1cc(Br)ccc1OCc1ccc(Br)cc1Cl. The molecule has 104 valence electrons. The third kappa shape index (κ3) is 3.75. The van der Waals surface area contributed by atoms with Crippen LogP contribution in [0.2, 0.25) is 5.02 Å². The first-order valence-electron chi connectivity index (χ1n) is 5.57. The van der Waals surface area contributed by atoms with Crippen LogP contribution in [0.5, 0.6) is 5.75 Å². The first-order valence-corrected chi connectivity index (χ1v) is 7.53. The minimum atomic E-state index is -1.04. The molecule has 0 aliphatic carbocycles. The Morgan fingerprint density at radius 3 is 2.45 bits per heavy atom. The van der Waals surface area contributed by atoms with Gasteiger partial charge in [0.25, 0.3) is 0 Å². The minimum absolute atomic E-state index is 0.104. The molecule has 1 N–H and O–H groups in total. The van der Waals surface area contributed by atoms with Crippen molar-refractivity contribution in [3.63, 3.8) is 0 Å². The number of carboxylic acids is 1. The average molecular weight is 420 g/mol. The number of hydrogen-bond donors (Lipinski definition) is 1. The molecular weight excluding hydrogens is 411 g/mol. The van der Waals surface area contributed by atoms with Crippen LogP contribution in [0.25, 0.3) is 0 Å². The molecule has 0 radical (unpaired) electrons. The quantitative estimate of drug-likeness (QED) is 0.745. The van der Waals surface area contributed by atoms with E-state index in [2.05, 4.69) is 31.9 Å². The smallest absolute Gasteiger partial charge is 0.339 e. The molecule has 0 aliphatic rings. The predicted octanol–water partition coefficient (Wildman–Crippen LogP) is 5.14. The van der Waals surface area contributed by atoms with Gasteiger partial charge in [0, 0.05) is 19.5 Å². The van der Waals surface area contributed by atoms with Crippen molar-refractivity contribution in [3.8, 4) is 5.75 Å². The third-order valence-corrected chi connectivity index (χ3v) is 3.91. The van der Waals surface area contributed by atoms with Crippen LogP contribution < -0.4 is 4.74 Å². The highest BCUT2D eigenvalue weighted by atomic mass is 79.9. The predicted molar refractivity (Wildman–Crippen MR) is 84.6 cm³/mol. The number of benzene rings is 2. The topological polar surface area (TPSA) is 46.5 Å². The van der Waals surface area contributed by atoms with Crippen LogP contribution in [0.4, 0.5) is 0 Å². The van der Waals surface area contributed by atoms with Gasteiger partial charge in [-0.05, 0) is 30.3 Å². The Bertz CT molecular complexity index is 659. The molecule has 0 bridgehead atoms. The fourth-order valence-corrected chi connectivity index (χ4v) is 2.68. The van der Waals surface area contributed by atoms with Gasteiger partial charge >= 0.3 is 5.97 Å². The monoisotopic (exact) mass is 418 g/mol. The number of carbonyl (C=O) groups is 1. The van der Waals surface area contributed by atoms with Crippen molar-refractivity contribution in [2.75, 3.05) is 0 Å². The first kappa shape index (κ1) is 15.4. The number of aromatic carboxylic acids is 1. The molecule has 2 rings (SSSR count). The van der Waals surface area contributed by atoms with E-state index in [1.165, 1.54) is 6.07 Å². The zero-order chi connectivity index (χ0) is 14.7. The molecule has 0 aromatic heterocycles.